The highest BCUT2D eigenvalue weighted by Gasteiger charge is 2.26. The van der Waals surface area contributed by atoms with Gasteiger partial charge in [-0.15, -0.1) is 10.2 Å². The van der Waals surface area contributed by atoms with Crippen molar-refractivity contribution in [2.24, 2.45) is 0 Å². The standard InChI is InChI=1S/C19H18N2O3S/c1-3-23-18(22)16(14-9-5-4-6-10-14)25-19-21-20-17(24-19)15-11-7-8-13(2)12-15/h4-12,16H,3H2,1-2H3/t16-/m0/s1. The number of ether oxygens (including phenoxy) is 1. The average molecular weight is 354 g/mol. The Kier molecular flexibility index (Phi) is 5.50. The van der Waals surface area contributed by atoms with Crippen molar-refractivity contribution in [2.45, 2.75) is 24.3 Å². The normalized spacial score (nSPS) is 11.9. The zero-order chi connectivity index (χ0) is 17.6. The van der Waals surface area contributed by atoms with Crippen LogP contribution in [0.15, 0.2) is 64.2 Å². The van der Waals surface area contributed by atoms with Crippen molar-refractivity contribution in [3.63, 3.8) is 0 Å². The second kappa shape index (κ2) is 7.98. The molecule has 0 radical (unpaired) electrons. The van der Waals surface area contributed by atoms with Crippen LogP contribution in [0.25, 0.3) is 11.5 Å². The lowest BCUT2D eigenvalue weighted by Crippen LogP contribution is -2.13. The second-order valence-electron chi connectivity index (χ2n) is 5.40. The van der Waals surface area contributed by atoms with Gasteiger partial charge in [0, 0.05) is 5.56 Å². The number of rotatable bonds is 6. The van der Waals surface area contributed by atoms with E-state index in [4.69, 9.17) is 9.15 Å². The third-order valence-electron chi connectivity index (χ3n) is 3.49. The van der Waals surface area contributed by atoms with Crippen molar-refractivity contribution < 1.29 is 13.9 Å². The van der Waals surface area contributed by atoms with Gasteiger partial charge >= 0.3 is 5.97 Å². The Balaban J connectivity index is 1.84. The van der Waals surface area contributed by atoms with Gasteiger partial charge in [-0.2, -0.15) is 0 Å². The Morgan fingerprint density at radius 3 is 2.68 bits per heavy atom. The van der Waals surface area contributed by atoms with E-state index in [1.165, 1.54) is 11.8 Å². The summed E-state index contributed by atoms with van der Waals surface area (Å²) in [5.74, 6) is 0.107. The molecule has 25 heavy (non-hydrogen) atoms. The van der Waals surface area contributed by atoms with E-state index >= 15 is 0 Å². The first-order valence-corrected chi connectivity index (χ1v) is 8.84. The Labute approximate surface area is 150 Å². The fourth-order valence-electron chi connectivity index (χ4n) is 2.35. The van der Waals surface area contributed by atoms with Gasteiger partial charge in [0.2, 0.25) is 5.89 Å². The number of aromatic nitrogens is 2. The number of carbonyl (C=O) groups excluding carboxylic acids is 1. The molecule has 2 aromatic carbocycles. The van der Waals surface area contributed by atoms with E-state index in [-0.39, 0.29) is 5.97 Å². The van der Waals surface area contributed by atoms with E-state index in [0.29, 0.717) is 17.7 Å². The molecule has 0 aliphatic heterocycles. The predicted octanol–water partition coefficient (Wildman–Crippen LogP) is 4.44. The number of benzene rings is 2. The lowest BCUT2D eigenvalue weighted by Gasteiger charge is -2.13. The van der Waals surface area contributed by atoms with Crippen molar-refractivity contribution in [3.05, 3.63) is 65.7 Å². The molecule has 5 nitrogen and oxygen atoms in total. The average Bonchev–Trinajstić information content (AvgIpc) is 3.09. The summed E-state index contributed by atoms with van der Waals surface area (Å²) in [6.07, 6.45) is 0. The number of nitrogens with zero attached hydrogens (tertiary/aromatic N) is 2. The molecule has 0 unspecified atom stereocenters. The first kappa shape index (κ1) is 17.2. The van der Waals surface area contributed by atoms with Gasteiger partial charge in [-0.05, 0) is 43.3 Å². The van der Waals surface area contributed by atoms with Gasteiger partial charge in [-0.25, -0.2) is 0 Å². The number of hydrogen-bond donors (Lipinski definition) is 0. The Morgan fingerprint density at radius 1 is 1.16 bits per heavy atom. The van der Waals surface area contributed by atoms with Gasteiger partial charge < -0.3 is 9.15 Å². The van der Waals surface area contributed by atoms with Crippen LogP contribution in [0, 0.1) is 6.92 Å². The van der Waals surface area contributed by atoms with Crippen molar-refractivity contribution in [2.75, 3.05) is 6.61 Å². The summed E-state index contributed by atoms with van der Waals surface area (Å²) in [6, 6.07) is 17.3. The highest BCUT2D eigenvalue weighted by molar-refractivity contribution is 8.00. The molecule has 0 saturated carbocycles. The van der Waals surface area contributed by atoms with E-state index in [1.54, 1.807) is 6.92 Å². The maximum Gasteiger partial charge on any atom is 0.324 e. The molecule has 0 aliphatic rings. The first-order valence-electron chi connectivity index (χ1n) is 7.96. The van der Waals surface area contributed by atoms with Crippen LogP contribution in [-0.2, 0) is 9.53 Å². The summed E-state index contributed by atoms with van der Waals surface area (Å²) >= 11 is 1.19. The van der Waals surface area contributed by atoms with Crippen molar-refractivity contribution >= 4 is 17.7 Å². The SMILES string of the molecule is CCOC(=O)[C@@H](Sc1nnc(-c2cccc(C)c2)o1)c1ccccc1. The molecule has 0 fully saturated rings. The van der Waals surface area contributed by atoms with Crippen LogP contribution in [0.1, 0.15) is 23.3 Å². The summed E-state index contributed by atoms with van der Waals surface area (Å²) in [5, 5.41) is 7.94. The minimum atomic E-state index is -0.549. The minimum absolute atomic E-state index is 0.321. The molecular weight excluding hydrogens is 336 g/mol. The number of carbonyl (C=O) groups is 1. The largest absolute Gasteiger partial charge is 0.465 e. The molecule has 1 aromatic heterocycles. The molecule has 0 saturated heterocycles. The van der Waals surface area contributed by atoms with E-state index in [9.17, 15) is 4.79 Å². The second-order valence-corrected chi connectivity index (χ2v) is 6.46. The fourth-order valence-corrected chi connectivity index (χ4v) is 3.23. The molecule has 0 amide bonds. The summed E-state index contributed by atoms with van der Waals surface area (Å²) in [4.78, 5) is 12.3. The molecule has 128 valence electrons. The first-order chi connectivity index (χ1) is 12.2. The van der Waals surface area contributed by atoms with Gasteiger partial charge in [0.25, 0.3) is 5.22 Å². The van der Waals surface area contributed by atoms with Gasteiger partial charge in [-0.3, -0.25) is 4.79 Å². The predicted molar refractivity (Wildman–Crippen MR) is 96.1 cm³/mol. The minimum Gasteiger partial charge on any atom is -0.465 e. The molecule has 0 aliphatic carbocycles. The zero-order valence-electron chi connectivity index (χ0n) is 14.0. The van der Waals surface area contributed by atoms with E-state index in [1.807, 2.05) is 61.5 Å². The van der Waals surface area contributed by atoms with Crippen molar-refractivity contribution in [3.8, 4) is 11.5 Å². The van der Waals surface area contributed by atoms with Crippen LogP contribution in [0.4, 0.5) is 0 Å². The lowest BCUT2D eigenvalue weighted by molar-refractivity contribution is -0.142. The molecule has 3 aromatic rings. The molecule has 0 spiro atoms. The molecule has 0 bridgehead atoms. The summed E-state index contributed by atoms with van der Waals surface area (Å²) < 4.78 is 10.9. The smallest absolute Gasteiger partial charge is 0.324 e. The molecule has 0 N–H and O–H groups in total. The van der Waals surface area contributed by atoms with E-state index in [2.05, 4.69) is 10.2 Å². The Morgan fingerprint density at radius 2 is 1.96 bits per heavy atom. The lowest BCUT2D eigenvalue weighted by atomic mass is 10.1. The highest BCUT2D eigenvalue weighted by Crippen LogP contribution is 2.36. The molecule has 1 atom stereocenters. The summed E-state index contributed by atoms with van der Waals surface area (Å²) in [6.45, 7) is 4.11. The van der Waals surface area contributed by atoms with Crippen LogP contribution in [0.2, 0.25) is 0 Å². The molecule has 1 heterocycles. The van der Waals surface area contributed by atoms with E-state index in [0.717, 1.165) is 16.7 Å². The molecule has 3 rings (SSSR count). The number of esters is 1. The number of hydrogen-bond acceptors (Lipinski definition) is 6. The Bertz CT molecular complexity index is 849. The quantitative estimate of drug-likeness (QED) is 0.481. The van der Waals surface area contributed by atoms with Crippen LogP contribution in [0.3, 0.4) is 0 Å². The maximum absolute atomic E-state index is 12.3. The van der Waals surface area contributed by atoms with E-state index < -0.39 is 5.25 Å². The van der Waals surface area contributed by atoms with Crippen LogP contribution < -0.4 is 0 Å². The zero-order valence-corrected chi connectivity index (χ0v) is 14.8. The monoisotopic (exact) mass is 354 g/mol. The topological polar surface area (TPSA) is 65.2 Å². The van der Waals surface area contributed by atoms with Gasteiger partial charge in [-0.1, -0.05) is 48.0 Å². The van der Waals surface area contributed by atoms with Gasteiger partial charge in [0.15, 0.2) is 0 Å². The third-order valence-corrected chi connectivity index (χ3v) is 4.56. The molecular formula is C19H18N2O3S. The summed E-state index contributed by atoms with van der Waals surface area (Å²) in [7, 11) is 0. The highest BCUT2D eigenvalue weighted by atomic mass is 32.2. The van der Waals surface area contributed by atoms with Gasteiger partial charge in [0.1, 0.15) is 5.25 Å². The molecule has 6 heteroatoms. The number of thioether (sulfide) groups is 1. The Hall–Kier alpha value is -2.60. The van der Waals surface area contributed by atoms with Gasteiger partial charge in [0.05, 0.1) is 6.61 Å². The van der Waals surface area contributed by atoms with Crippen LogP contribution in [0.5, 0.6) is 0 Å². The maximum atomic E-state index is 12.3. The fraction of sp³-hybridized carbons (Fsp3) is 0.211. The van der Waals surface area contributed by atoms with Crippen LogP contribution in [-0.4, -0.2) is 22.8 Å². The third kappa shape index (κ3) is 4.28. The van der Waals surface area contributed by atoms with Crippen molar-refractivity contribution in [1.29, 1.82) is 0 Å². The van der Waals surface area contributed by atoms with Crippen molar-refractivity contribution in [1.82, 2.24) is 10.2 Å². The number of aryl methyl sites for hydroxylation is 1. The summed E-state index contributed by atoms with van der Waals surface area (Å²) in [5.41, 5.74) is 2.80. The van der Waals surface area contributed by atoms with Crippen LogP contribution >= 0.6 is 11.8 Å².